The fraction of sp³-hybridized carbons (Fsp3) is 0.333. The highest BCUT2D eigenvalue weighted by atomic mass is 35.5. The molecule has 2 aromatic carbocycles. The van der Waals surface area contributed by atoms with Crippen molar-refractivity contribution in [1.29, 1.82) is 0 Å². The molecule has 5 nitrogen and oxygen atoms in total. The van der Waals surface area contributed by atoms with E-state index in [1.54, 1.807) is 29.2 Å². The van der Waals surface area contributed by atoms with Crippen molar-refractivity contribution in [2.24, 2.45) is 5.92 Å². The molecule has 0 aromatic heterocycles. The summed E-state index contributed by atoms with van der Waals surface area (Å²) in [4.78, 5) is 26.5. The van der Waals surface area contributed by atoms with Crippen molar-refractivity contribution in [2.75, 3.05) is 16.8 Å². The summed E-state index contributed by atoms with van der Waals surface area (Å²) < 4.78 is 5.55. The SMILES string of the molecule is CCC(CC)C(=O)Nc1ccc2c(c1)N(Cc1ccccc1Cl)C(=O)CO2. The van der Waals surface area contributed by atoms with Gasteiger partial charge in [-0.3, -0.25) is 9.59 Å². The van der Waals surface area contributed by atoms with Gasteiger partial charge in [0.05, 0.1) is 12.2 Å². The van der Waals surface area contributed by atoms with E-state index in [0.29, 0.717) is 28.7 Å². The first kappa shape index (κ1) is 19.2. The zero-order valence-corrected chi connectivity index (χ0v) is 16.3. The molecule has 3 rings (SSSR count). The Labute approximate surface area is 164 Å². The molecule has 1 N–H and O–H groups in total. The van der Waals surface area contributed by atoms with Crippen LogP contribution in [-0.4, -0.2) is 18.4 Å². The van der Waals surface area contributed by atoms with Gasteiger partial charge in [0.25, 0.3) is 5.91 Å². The average molecular weight is 387 g/mol. The second-order valence-electron chi connectivity index (χ2n) is 6.55. The minimum atomic E-state index is -0.147. The van der Waals surface area contributed by atoms with E-state index < -0.39 is 0 Å². The molecule has 1 heterocycles. The summed E-state index contributed by atoms with van der Waals surface area (Å²) >= 11 is 6.26. The fourth-order valence-electron chi connectivity index (χ4n) is 3.15. The summed E-state index contributed by atoms with van der Waals surface area (Å²) in [6.07, 6.45) is 1.57. The number of ether oxygens (including phenoxy) is 1. The van der Waals surface area contributed by atoms with Gasteiger partial charge in [-0.2, -0.15) is 0 Å². The number of hydrogen-bond donors (Lipinski definition) is 1. The third-order valence-corrected chi connectivity index (χ3v) is 5.18. The molecule has 6 heteroatoms. The molecular formula is C21H23ClN2O3. The van der Waals surface area contributed by atoms with Gasteiger partial charge in [-0.15, -0.1) is 0 Å². The van der Waals surface area contributed by atoms with Crippen molar-refractivity contribution < 1.29 is 14.3 Å². The number of benzene rings is 2. The summed E-state index contributed by atoms with van der Waals surface area (Å²) in [7, 11) is 0. The smallest absolute Gasteiger partial charge is 0.265 e. The van der Waals surface area contributed by atoms with Crippen molar-refractivity contribution in [3.8, 4) is 5.75 Å². The predicted molar refractivity (Wildman–Crippen MR) is 107 cm³/mol. The van der Waals surface area contributed by atoms with Gasteiger partial charge < -0.3 is 15.0 Å². The van der Waals surface area contributed by atoms with Crippen molar-refractivity contribution >= 4 is 34.8 Å². The first-order valence-electron chi connectivity index (χ1n) is 9.15. The lowest BCUT2D eigenvalue weighted by Gasteiger charge is -2.30. The lowest BCUT2D eigenvalue weighted by atomic mass is 10.0. The van der Waals surface area contributed by atoms with Gasteiger partial charge in [-0.25, -0.2) is 0 Å². The zero-order valence-electron chi connectivity index (χ0n) is 15.5. The van der Waals surface area contributed by atoms with Crippen LogP contribution in [0.1, 0.15) is 32.3 Å². The summed E-state index contributed by atoms with van der Waals surface area (Å²) in [5.74, 6) is 0.423. The van der Waals surface area contributed by atoms with Crippen molar-refractivity contribution in [2.45, 2.75) is 33.2 Å². The van der Waals surface area contributed by atoms with E-state index in [9.17, 15) is 9.59 Å². The van der Waals surface area contributed by atoms with Gasteiger partial charge in [0.1, 0.15) is 5.75 Å². The van der Waals surface area contributed by atoms with Crippen LogP contribution in [0.25, 0.3) is 0 Å². The van der Waals surface area contributed by atoms with Crippen LogP contribution in [0, 0.1) is 5.92 Å². The van der Waals surface area contributed by atoms with E-state index in [2.05, 4.69) is 5.32 Å². The van der Waals surface area contributed by atoms with E-state index in [0.717, 1.165) is 18.4 Å². The Hall–Kier alpha value is -2.53. The summed E-state index contributed by atoms with van der Waals surface area (Å²) in [5, 5.41) is 3.55. The number of rotatable bonds is 6. The second-order valence-corrected chi connectivity index (χ2v) is 6.95. The standard InChI is InChI=1S/C21H23ClN2O3/c1-3-14(4-2)21(26)23-16-9-10-19-18(11-16)24(20(25)13-27-19)12-15-7-5-6-8-17(15)22/h5-11,14H,3-4,12-13H2,1-2H3,(H,23,26). The van der Waals surface area contributed by atoms with Gasteiger partial charge in [0.2, 0.25) is 5.91 Å². The normalized spacial score (nSPS) is 13.3. The van der Waals surface area contributed by atoms with Crippen LogP contribution in [0.15, 0.2) is 42.5 Å². The summed E-state index contributed by atoms with van der Waals surface area (Å²) in [5.41, 5.74) is 2.13. The minimum absolute atomic E-state index is 0.0133. The number of carbonyl (C=O) groups is 2. The van der Waals surface area contributed by atoms with E-state index >= 15 is 0 Å². The number of fused-ring (bicyclic) bond motifs is 1. The maximum absolute atomic E-state index is 12.5. The monoisotopic (exact) mass is 386 g/mol. The van der Waals surface area contributed by atoms with Crippen LogP contribution in [0.4, 0.5) is 11.4 Å². The van der Waals surface area contributed by atoms with Crippen LogP contribution in [-0.2, 0) is 16.1 Å². The molecule has 2 amide bonds. The van der Waals surface area contributed by atoms with Crippen molar-refractivity contribution in [3.05, 3.63) is 53.1 Å². The molecular weight excluding hydrogens is 364 g/mol. The Morgan fingerprint density at radius 3 is 2.67 bits per heavy atom. The average Bonchev–Trinajstić information content (AvgIpc) is 2.66. The molecule has 0 atom stereocenters. The molecule has 142 valence electrons. The van der Waals surface area contributed by atoms with Crippen molar-refractivity contribution in [1.82, 2.24) is 0 Å². The van der Waals surface area contributed by atoms with Gasteiger partial charge in [-0.05, 0) is 42.7 Å². The molecule has 0 bridgehead atoms. The van der Waals surface area contributed by atoms with Crippen LogP contribution in [0.2, 0.25) is 5.02 Å². The zero-order chi connectivity index (χ0) is 19.4. The molecule has 0 unspecified atom stereocenters. The molecule has 0 radical (unpaired) electrons. The Kier molecular flexibility index (Phi) is 6.01. The highest BCUT2D eigenvalue weighted by Gasteiger charge is 2.27. The number of carbonyl (C=O) groups excluding carboxylic acids is 2. The van der Waals surface area contributed by atoms with Crippen LogP contribution < -0.4 is 15.0 Å². The number of nitrogens with zero attached hydrogens (tertiary/aromatic N) is 1. The number of amides is 2. The molecule has 0 fully saturated rings. The topological polar surface area (TPSA) is 58.6 Å². The molecule has 0 saturated carbocycles. The third-order valence-electron chi connectivity index (χ3n) is 4.81. The van der Waals surface area contributed by atoms with Crippen LogP contribution in [0.5, 0.6) is 5.75 Å². The maximum Gasteiger partial charge on any atom is 0.265 e. The first-order chi connectivity index (χ1) is 13.0. The number of hydrogen-bond acceptors (Lipinski definition) is 3. The van der Waals surface area contributed by atoms with E-state index in [-0.39, 0.29) is 24.3 Å². The number of nitrogens with one attached hydrogen (secondary N) is 1. The molecule has 0 saturated heterocycles. The maximum atomic E-state index is 12.5. The van der Waals surface area contributed by atoms with Gasteiger partial charge >= 0.3 is 0 Å². The van der Waals surface area contributed by atoms with Crippen LogP contribution >= 0.6 is 11.6 Å². The van der Waals surface area contributed by atoms with E-state index in [1.807, 2.05) is 32.0 Å². The number of halogens is 1. The molecule has 1 aliphatic heterocycles. The predicted octanol–water partition coefficient (Wildman–Crippen LogP) is 4.64. The Morgan fingerprint density at radius 2 is 1.96 bits per heavy atom. The van der Waals surface area contributed by atoms with Gasteiger partial charge in [-0.1, -0.05) is 43.6 Å². The first-order valence-corrected chi connectivity index (χ1v) is 9.52. The lowest BCUT2D eigenvalue weighted by molar-refractivity contribution is -0.121. The highest BCUT2D eigenvalue weighted by Crippen LogP contribution is 2.36. The van der Waals surface area contributed by atoms with Crippen LogP contribution in [0.3, 0.4) is 0 Å². The van der Waals surface area contributed by atoms with E-state index in [4.69, 9.17) is 16.3 Å². The molecule has 1 aliphatic rings. The largest absolute Gasteiger partial charge is 0.482 e. The Bertz CT molecular complexity index is 849. The minimum Gasteiger partial charge on any atom is -0.482 e. The lowest BCUT2D eigenvalue weighted by Crippen LogP contribution is -2.38. The third kappa shape index (κ3) is 4.25. The van der Waals surface area contributed by atoms with Gasteiger partial charge in [0.15, 0.2) is 6.61 Å². The summed E-state index contributed by atoms with van der Waals surface area (Å²) in [6.45, 7) is 4.33. The Morgan fingerprint density at radius 1 is 1.22 bits per heavy atom. The Balaban J connectivity index is 1.88. The second kappa shape index (κ2) is 8.44. The fourth-order valence-corrected chi connectivity index (χ4v) is 3.35. The van der Waals surface area contributed by atoms with Gasteiger partial charge in [0, 0.05) is 16.6 Å². The quantitative estimate of drug-likeness (QED) is 0.786. The molecule has 27 heavy (non-hydrogen) atoms. The molecule has 0 aliphatic carbocycles. The number of anilines is 2. The van der Waals surface area contributed by atoms with E-state index in [1.165, 1.54) is 0 Å². The highest BCUT2D eigenvalue weighted by molar-refractivity contribution is 6.31. The summed E-state index contributed by atoms with van der Waals surface area (Å²) in [6, 6.07) is 12.8. The van der Waals surface area contributed by atoms with Crippen molar-refractivity contribution in [3.63, 3.8) is 0 Å². The molecule has 0 spiro atoms. The molecule has 2 aromatic rings.